The van der Waals surface area contributed by atoms with E-state index >= 15 is 0 Å². The zero-order chi connectivity index (χ0) is 16.1. The fraction of sp³-hybridized carbons (Fsp3) is 0.350. The van der Waals surface area contributed by atoms with Gasteiger partial charge >= 0.3 is 0 Å². The Bertz CT molecular complexity index is 917. The molecule has 0 radical (unpaired) electrons. The summed E-state index contributed by atoms with van der Waals surface area (Å²) >= 11 is 0. The molecular formula is C20H21N3O. The monoisotopic (exact) mass is 319 g/mol. The van der Waals surface area contributed by atoms with Gasteiger partial charge in [0, 0.05) is 41.8 Å². The number of hydrogen-bond donors (Lipinski definition) is 1. The molecule has 2 aliphatic heterocycles. The molecule has 5 rings (SSSR count). The number of carbonyl (C=O) groups excluding carboxylic acids is 1. The average molecular weight is 319 g/mol. The van der Waals surface area contributed by atoms with Gasteiger partial charge in [0.05, 0.1) is 5.52 Å². The van der Waals surface area contributed by atoms with Crippen LogP contribution >= 0.6 is 0 Å². The second-order valence-electron chi connectivity index (χ2n) is 7.23. The van der Waals surface area contributed by atoms with E-state index in [0.29, 0.717) is 6.04 Å². The molecule has 2 aliphatic rings. The summed E-state index contributed by atoms with van der Waals surface area (Å²) in [7, 11) is 0. The zero-order valence-electron chi connectivity index (χ0n) is 13.6. The Labute approximate surface area is 141 Å². The van der Waals surface area contributed by atoms with Crippen LogP contribution < -0.4 is 5.32 Å². The summed E-state index contributed by atoms with van der Waals surface area (Å²) in [5.41, 5.74) is 2.99. The summed E-state index contributed by atoms with van der Waals surface area (Å²) in [6.07, 6.45) is 4.46. The van der Waals surface area contributed by atoms with Gasteiger partial charge < -0.3 is 14.6 Å². The molecule has 24 heavy (non-hydrogen) atoms. The van der Waals surface area contributed by atoms with Crippen LogP contribution in [0.15, 0.2) is 48.7 Å². The standard InChI is InChI=1S/C20H21N3O/c24-20(21-17-9-14-6-8-22(12-14)13-17)16-5-4-15-10-18-3-1-2-7-23(18)19(15)11-16/h1-5,7,10-11,14,17H,6,8-9,12-13H2,(H,21,24). The maximum Gasteiger partial charge on any atom is 0.251 e. The van der Waals surface area contributed by atoms with E-state index < -0.39 is 0 Å². The summed E-state index contributed by atoms with van der Waals surface area (Å²) in [5.74, 6) is 0.816. The van der Waals surface area contributed by atoms with Gasteiger partial charge in [0.1, 0.15) is 0 Å². The molecule has 0 aliphatic carbocycles. The minimum atomic E-state index is 0.0512. The highest BCUT2D eigenvalue weighted by Crippen LogP contribution is 2.27. The molecule has 4 heterocycles. The summed E-state index contributed by atoms with van der Waals surface area (Å²) in [5, 5.41) is 4.42. The molecule has 2 bridgehead atoms. The maximum atomic E-state index is 12.7. The van der Waals surface area contributed by atoms with Crippen molar-refractivity contribution in [3.05, 3.63) is 54.2 Å². The molecule has 3 aromatic rings. The number of aromatic nitrogens is 1. The van der Waals surface area contributed by atoms with Gasteiger partial charge in [0.25, 0.3) is 5.91 Å². The molecule has 0 spiro atoms. The van der Waals surface area contributed by atoms with Crippen LogP contribution in [0.2, 0.25) is 0 Å². The normalized spacial score (nSPS) is 26.1. The Morgan fingerprint density at radius 2 is 2.08 bits per heavy atom. The Kier molecular flexibility index (Phi) is 3.13. The van der Waals surface area contributed by atoms with Crippen molar-refractivity contribution in [3.63, 3.8) is 0 Å². The van der Waals surface area contributed by atoms with Crippen molar-refractivity contribution >= 4 is 22.3 Å². The van der Waals surface area contributed by atoms with Crippen molar-refractivity contribution in [1.29, 1.82) is 0 Å². The third-order valence-electron chi connectivity index (χ3n) is 5.55. The highest BCUT2D eigenvalue weighted by molar-refractivity contribution is 5.99. The lowest BCUT2D eigenvalue weighted by Gasteiger charge is -2.30. The van der Waals surface area contributed by atoms with Crippen LogP contribution in [0.5, 0.6) is 0 Å². The Morgan fingerprint density at radius 1 is 1.12 bits per heavy atom. The third kappa shape index (κ3) is 2.29. The first-order valence-electron chi connectivity index (χ1n) is 8.79. The molecular weight excluding hydrogens is 298 g/mol. The van der Waals surface area contributed by atoms with E-state index in [0.717, 1.165) is 35.5 Å². The number of carbonyl (C=O) groups is 1. The third-order valence-corrected chi connectivity index (χ3v) is 5.55. The van der Waals surface area contributed by atoms with E-state index in [4.69, 9.17) is 0 Å². The largest absolute Gasteiger partial charge is 0.348 e. The number of nitrogens with zero attached hydrogens (tertiary/aromatic N) is 2. The predicted octanol–water partition coefficient (Wildman–Crippen LogP) is 2.92. The van der Waals surface area contributed by atoms with Crippen LogP contribution in [0.4, 0.5) is 0 Å². The maximum absolute atomic E-state index is 12.7. The van der Waals surface area contributed by atoms with Crippen LogP contribution in [-0.4, -0.2) is 40.9 Å². The Balaban J connectivity index is 1.43. The lowest BCUT2D eigenvalue weighted by Crippen LogP contribution is -2.47. The molecule has 1 N–H and O–H groups in total. The minimum absolute atomic E-state index is 0.0512. The van der Waals surface area contributed by atoms with Crippen LogP contribution in [0.3, 0.4) is 0 Å². The predicted molar refractivity (Wildman–Crippen MR) is 95.3 cm³/mol. The molecule has 4 nitrogen and oxygen atoms in total. The first kappa shape index (κ1) is 14.1. The molecule has 2 aromatic heterocycles. The summed E-state index contributed by atoms with van der Waals surface area (Å²) in [6.45, 7) is 3.41. The second kappa shape index (κ2) is 5.35. The van der Waals surface area contributed by atoms with E-state index in [1.807, 2.05) is 36.5 Å². The molecule has 4 heteroatoms. The lowest BCUT2D eigenvalue weighted by atomic mass is 9.96. The first-order valence-corrected chi connectivity index (χ1v) is 8.79. The number of piperidine rings is 1. The Morgan fingerprint density at radius 3 is 3.00 bits per heavy atom. The van der Waals surface area contributed by atoms with Gasteiger partial charge in [-0.3, -0.25) is 4.79 Å². The van der Waals surface area contributed by atoms with Gasteiger partial charge in [-0.2, -0.15) is 0 Å². The molecule has 1 aromatic carbocycles. The Hall–Kier alpha value is -2.33. The van der Waals surface area contributed by atoms with Crippen molar-refractivity contribution in [1.82, 2.24) is 14.6 Å². The van der Waals surface area contributed by atoms with E-state index in [1.54, 1.807) is 0 Å². The van der Waals surface area contributed by atoms with Crippen molar-refractivity contribution in [2.75, 3.05) is 19.6 Å². The second-order valence-corrected chi connectivity index (χ2v) is 7.23. The highest BCUT2D eigenvalue weighted by Gasteiger charge is 2.32. The van der Waals surface area contributed by atoms with Gasteiger partial charge in [0.15, 0.2) is 0 Å². The van der Waals surface area contributed by atoms with Crippen LogP contribution in [0.1, 0.15) is 23.2 Å². The topological polar surface area (TPSA) is 36.8 Å². The highest BCUT2D eigenvalue weighted by atomic mass is 16.1. The van der Waals surface area contributed by atoms with Gasteiger partial charge in [-0.05, 0) is 55.6 Å². The fourth-order valence-corrected chi connectivity index (χ4v) is 4.40. The van der Waals surface area contributed by atoms with Crippen molar-refractivity contribution < 1.29 is 4.79 Å². The smallest absolute Gasteiger partial charge is 0.251 e. The SMILES string of the molecule is O=C(NC1CC2CCN(C2)C1)c1ccc2cc3ccccn3c2c1. The number of benzene rings is 1. The summed E-state index contributed by atoms with van der Waals surface area (Å²) < 4.78 is 2.14. The van der Waals surface area contributed by atoms with Crippen molar-refractivity contribution in [2.45, 2.75) is 18.9 Å². The molecule has 3 atom stereocenters. The molecule has 1 amide bonds. The zero-order valence-corrected chi connectivity index (χ0v) is 13.6. The number of hydrogen-bond acceptors (Lipinski definition) is 2. The van der Waals surface area contributed by atoms with Crippen LogP contribution in [0, 0.1) is 5.92 Å². The molecule has 2 fully saturated rings. The van der Waals surface area contributed by atoms with Gasteiger partial charge in [-0.25, -0.2) is 0 Å². The molecule has 122 valence electrons. The van der Waals surface area contributed by atoms with E-state index in [2.05, 4.69) is 26.8 Å². The van der Waals surface area contributed by atoms with Crippen LogP contribution in [-0.2, 0) is 0 Å². The quantitative estimate of drug-likeness (QED) is 0.788. The number of nitrogens with one attached hydrogen (secondary N) is 1. The van der Waals surface area contributed by atoms with Gasteiger partial charge in [-0.1, -0.05) is 12.1 Å². The summed E-state index contributed by atoms with van der Waals surface area (Å²) in [6, 6.07) is 14.6. The lowest BCUT2D eigenvalue weighted by molar-refractivity contribution is 0.0909. The van der Waals surface area contributed by atoms with Gasteiger partial charge in [0.2, 0.25) is 0 Å². The van der Waals surface area contributed by atoms with E-state index in [9.17, 15) is 4.79 Å². The molecule has 2 saturated heterocycles. The number of rotatable bonds is 2. The fourth-order valence-electron chi connectivity index (χ4n) is 4.40. The van der Waals surface area contributed by atoms with E-state index in [-0.39, 0.29) is 5.91 Å². The van der Waals surface area contributed by atoms with Gasteiger partial charge in [-0.15, -0.1) is 0 Å². The first-order chi connectivity index (χ1) is 11.8. The van der Waals surface area contributed by atoms with Crippen molar-refractivity contribution in [3.8, 4) is 0 Å². The number of amides is 1. The summed E-state index contributed by atoms with van der Waals surface area (Å²) in [4.78, 5) is 15.2. The number of fused-ring (bicyclic) bond motifs is 5. The average Bonchev–Trinajstić information content (AvgIpc) is 3.14. The minimum Gasteiger partial charge on any atom is -0.348 e. The number of pyridine rings is 1. The molecule has 0 saturated carbocycles. The van der Waals surface area contributed by atoms with Crippen LogP contribution in [0.25, 0.3) is 16.4 Å². The van der Waals surface area contributed by atoms with Crippen molar-refractivity contribution in [2.24, 2.45) is 5.92 Å². The molecule has 3 unspecified atom stereocenters. The van der Waals surface area contributed by atoms with E-state index in [1.165, 1.54) is 24.9 Å².